The second-order valence-corrected chi connectivity index (χ2v) is 10.7. The van der Waals surface area contributed by atoms with Gasteiger partial charge in [-0.25, -0.2) is 9.59 Å². The van der Waals surface area contributed by atoms with Gasteiger partial charge in [0.25, 0.3) is 10.1 Å². The maximum absolute atomic E-state index is 10.6. The summed E-state index contributed by atoms with van der Waals surface area (Å²) in [6.45, 7) is 2.28. The third-order valence-electron chi connectivity index (χ3n) is 5.69. The van der Waals surface area contributed by atoms with Gasteiger partial charge in [-0.2, -0.15) is 21.3 Å². The summed E-state index contributed by atoms with van der Waals surface area (Å²) in [5, 5.41) is 15.6. The molecule has 0 aromatic carbocycles. The van der Waals surface area contributed by atoms with E-state index in [0.717, 1.165) is 12.8 Å². The van der Waals surface area contributed by atoms with E-state index in [4.69, 9.17) is 14.8 Å². The van der Waals surface area contributed by atoms with Gasteiger partial charge in [-0.3, -0.25) is 4.55 Å². The van der Waals surface area contributed by atoms with Crippen LogP contribution in [0.1, 0.15) is 135 Å². The standard InChI is InChI=1S/C23H47O3S.C4H4O4.Na/c1-2-3-4-5-6-7-8-9-10-11-12-13-14-15-16-17-18-19-20-21-22-23-27(24,25)26;5-3(6)1-2-4(7)8;/h20H,2-19,21-23H2,1H3,(H,24,25,26);1-2H,(H,5,6)(H,7,8);/q-1;;+1/b;2-1-;. The summed E-state index contributed by atoms with van der Waals surface area (Å²) in [6.07, 6.45) is 29.3. The second kappa shape index (κ2) is 30.8. The fourth-order valence-corrected chi connectivity index (χ4v) is 4.24. The Morgan fingerprint density at radius 3 is 1.22 bits per heavy atom. The second-order valence-electron chi connectivity index (χ2n) is 9.17. The molecule has 0 rings (SSSR count). The first-order valence-corrected chi connectivity index (χ1v) is 15.2. The number of carboxylic acids is 2. The summed E-state index contributed by atoms with van der Waals surface area (Å²) in [5.74, 6) is -2.62. The van der Waals surface area contributed by atoms with Crippen LogP contribution in [0.2, 0.25) is 0 Å². The zero-order valence-corrected chi connectivity index (χ0v) is 25.8. The van der Waals surface area contributed by atoms with Crippen LogP contribution >= 0.6 is 0 Å². The molecule has 0 spiro atoms. The summed E-state index contributed by atoms with van der Waals surface area (Å²) < 4.78 is 29.8. The van der Waals surface area contributed by atoms with Gasteiger partial charge < -0.3 is 16.6 Å². The van der Waals surface area contributed by atoms with Crippen LogP contribution in [0.25, 0.3) is 0 Å². The molecule has 3 N–H and O–H groups in total. The van der Waals surface area contributed by atoms with E-state index in [0.29, 0.717) is 18.6 Å². The maximum Gasteiger partial charge on any atom is 1.00 e. The van der Waals surface area contributed by atoms with Gasteiger partial charge in [-0.15, -0.1) is 0 Å². The predicted molar refractivity (Wildman–Crippen MR) is 143 cm³/mol. The molecule has 0 heterocycles. The first kappa shape index (κ1) is 40.1. The van der Waals surface area contributed by atoms with Crippen molar-refractivity contribution in [2.75, 3.05) is 5.75 Å². The van der Waals surface area contributed by atoms with Crippen LogP contribution in [-0.2, 0) is 19.7 Å². The van der Waals surface area contributed by atoms with Gasteiger partial charge in [-0.1, -0.05) is 122 Å². The summed E-state index contributed by atoms with van der Waals surface area (Å²) in [7, 11) is -3.77. The molecular formula is C27H51NaO7S. The molecule has 0 saturated heterocycles. The Bertz CT molecular complexity index is 606. The van der Waals surface area contributed by atoms with Gasteiger partial charge in [0.15, 0.2) is 0 Å². The minimum atomic E-state index is -3.77. The molecule has 0 atom stereocenters. The Kier molecular flexibility index (Phi) is 34.3. The van der Waals surface area contributed by atoms with Crippen LogP contribution in [0.3, 0.4) is 0 Å². The van der Waals surface area contributed by atoms with Gasteiger partial charge in [0.1, 0.15) is 0 Å². The monoisotopic (exact) mass is 542 g/mol. The van der Waals surface area contributed by atoms with Crippen LogP contribution < -0.4 is 29.6 Å². The van der Waals surface area contributed by atoms with Crippen molar-refractivity contribution in [1.82, 2.24) is 0 Å². The SMILES string of the molecule is CCCCCCCCCCCCCCCCCCC[CH-]CCCS(=O)(=O)O.O=C(O)/C=C\C(=O)O.[Na+]. The number of aliphatic carboxylic acids is 2. The Labute approximate surface area is 242 Å². The van der Waals surface area contributed by atoms with Crippen molar-refractivity contribution < 1.29 is 62.3 Å². The van der Waals surface area contributed by atoms with Gasteiger partial charge in [0, 0.05) is 12.2 Å². The molecule has 0 aromatic rings. The van der Waals surface area contributed by atoms with E-state index in [1.54, 1.807) is 0 Å². The third kappa shape index (κ3) is 43.6. The molecule has 0 aromatic heterocycles. The number of hydrogen-bond acceptors (Lipinski definition) is 4. The molecule has 208 valence electrons. The third-order valence-corrected chi connectivity index (χ3v) is 6.50. The molecule has 0 saturated carbocycles. The Morgan fingerprint density at radius 1 is 0.611 bits per heavy atom. The van der Waals surface area contributed by atoms with Crippen molar-refractivity contribution in [2.24, 2.45) is 0 Å². The van der Waals surface area contributed by atoms with Gasteiger partial charge in [0.05, 0.1) is 5.75 Å². The summed E-state index contributed by atoms with van der Waals surface area (Å²) >= 11 is 0. The van der Waals surface area contributed by atoms with Crippen molar-refractivity contribution in [1.29, 1.82) is 0 Å². The van der Waals surface area contributed by atoms with Crippen molar-refractivity contribution >= 4 is 22.1 Å². The molecule has 7 nitrogen and oxygen atoms in total. The Morgan fingerprint density at radius 2 is 0.917 bits per heavy atom. The van der Waals surface area contributed by atoms with E-state index >= 15 is 0 Å². The van der Waals surface area contributed by atoms with Gasteiger partial charge in [-0.05, 0) is 0 Å². The number of rotatable bonds is 24. The minimum absolute atomic E-state index is 0. The molecule has 0 amide bonds. The smallest absolute Gasteiger partial charge is 0.478 e. The summed E-state index contributed by atoms with van der Waals surface area (Å²) in [4.78, 5) is 19.1. The maximum atomic E-state index is 10.6. The molecule has 0 unspecified atom stereocenters. The Hall–Kier alpha value is -0.410. The number of carboxylic acid groups (broad SMARTS) is 2. The number of hydrogen-bond donors (Lipinski definition) is 3. The molecule has 0 aliphatic carbocycles. The molecule has 0 radical (unpaired) electrons. The zero-order valence-electron chi connectivity index (χ0n) is 23.0. The van der Waals surface area contributed by atoms with Crippen LogP contribution in [0.4, 0.5) is 0 Å². The van der Waals surface area contributed by atoms with Crippen molar-refractivity contribution in [3.8, 4) is 0 Å². The normalized spacial score (nSPS) is 11.1. The largest absolute Gasteiger partial charge is 1.00 e. The van der Waals surface area contributed by atoms with E-state index in [-0.39, 0.29) is 35.3 Å². The molecule has 0 aliphatic rings. The van der Waals surface area contributed by atoms with Crippen molar-refractivity contribution in [2.45, 2.75) is 135 Å². The molecule has 0 bridgehead atoms. The Balaban J connectivity index is -0.00000104. The topological polar surface area (TPSA) is 129 Å². The molecule has 0 aliphatic heterocycles. The quantitative estimate of drug-likeness (QED) is 0.0534. The fourth-order valence-electron chi connectivity index (χ4n) is 3.71. The average Bonchev–Trinajstić information content (AvgIpc) is 2.78. The predicted octanol–water partition coefficient (Wildman–Crippen LogP) is 4.62. The van der Waals surface area contributed by atoms with E-state index in [1.165, 1.54) is 109 Å². The average molecular weight is 543 g/mol. The molecule has 0 fully saturated rings. The first-order chi connectivity index (χ1) is 16.7. The van der Waals surface area contributed by atoms with E-state index in [9.17, 15) is 18.0 Å². The van der Waals surface area contributed by atoms with Gasteiger partial charge >= 0.3 is 41.5 Å². The molecular weight excluding hydrogens is 491 g/mol. The summed E-state index contributed by atoms with van der Waals surface area (Å²) in [6, 6.07) is 0. The number of carbonyl (C=O) groups is 2. The van der Waals surface area contributed by atoms with E-state index < -0.39 is 22.1 Å². The van der Waals surface area contributed by atoms with Crippen LogP contribution in [0, 0.1) is 6.42 Å². The zero-order chi connectivity index (χ0) is 26.6. The van der Waals surface area contributed by atoms with Crippen molar-refractivity contribution in [3.63, 3.8) is 0 Å². The van der Waals surface area contributed by atoms with Crippen LogP contribution in [0.5, 0.6) is 0 Å². The van der Waals surface area contributed by atoms with Crippen molar-refractivity contribution in [3.05, 3.63) is 18.6 Å². The van der Waals surface area contributed by atoms with E-state index in [2.05, 4.69) is 13.3 Å². The fraction of sp³-hybridized carbons (Fsp3) is 0.815. The minimum Gasteiger partial charge on any atom is -0.478 e. The van der Waals surface area contributed by atoms with E-state index in [1.807, 2.05) is 0 Å². The molecule has 36 heavy (non-hydrogen) atoms. The van der Waals surface area contributed by atoms with Crippen LogP contribution in [-0.4, -0.2) is 40.9 Å². The first-order valence-electron chi connectivity index (χ1n) is 13.6. The molecule has 9 heteroatoms. The number of unbranched alkanes of at least 4 members (excludes halogenated alkanes) is 20. The summed E-state index contributed by atoms with van der Waals surface area (Å²) in [5.41, 5.74) is 0. The van der Waals surface area contributed by atoms with Gasteiger partial charge in [0.2, 0.25) is 0 Å². The van der Waals surface area contributed by atoms with Crippen LogP contribution in [0.15, 0.2) is 12.2 Å².